The summed E-state index contributed by atoms with van der Waals surface area (Å²) in [5.74, 6) is 1.25. The van der Waals surface area contributed by atoms with E-state index in [0.29, 0.717) is 44.2 Å². The van der Waals surface area contributed by atoms with Crippen LogP contribution < -0.4 is 9.80 Å². The molecule has 0 bridgehead atoms. The number of para-hydroxylation sites is 1. The molecule has 1 aliphatic rings. The lowest BCUT2D eigenvalue weighted by atomic mass is 10.2. The number of aromatic nitrogens is 2. The Balaban J connectivity index is 1.83. The summed E-state index contributed by atoms with van der Waals surface area (Å²) in [5.41, 5.74) is 1.23. The Labute approximate surface area is 159 Å². The maximum absolute atomic E-state index is 13.1. The molecule has 142 valence electrons. The van der Waals surface area contributed by atoms with Crippen molar-refractivity contribution in [2.24, 2.45) is 0 Å². The van der Waals surface area contributed by atoms with Gasteiger partial charge in [0.05, 0.1) is 0 Å². The van der Waals surface area contributed by atoms with E-state index < -0.39 is 0 Å². The molecule has 1 aromatic carbocycles. The van der Waals surface area contributed by atoms with Gasteiger partial charge in [-0.25, -0.2) is 9.97 Å². The molecular weight excluding hydrogens is 342 g/mol. The van der Waals surface area contributed by atoms with Crippen LogP contribution in [0.25, 0.3) is 0 Å². The van der Waals surface area contributed by atoms with Gasteiger partial charge in [-0.1, -0.05) is 18.2 Å². The minimum Gasteiger partial charge on any atom is -0.353 e. The van der Waals surface area contributed by atoms with Crippen LogP contribution in [0.1, 0.15) is 30.2 Å². The normalized spacial score (nSPS) is 14.2. The maximum Gasteiger partial charge on any atom is 0.277 e. The van der Waals surface area contributed by atoms with Crippen LogP contribution in [0.4, 0.5) is 11.5 Å². The van der Waals surface area contributed by atoms with E-state index in [4.69, 9.17) is 0 Å². The van der Waals surface area contributed by atoms with Crippen LogP contribution in [-0.4, -0.2) is 59.4 Å². The molecule has 2 aromatic rings. The number of aryl methyl sites for hydroxylation is 1. The molecule has 2 amide bonds. The molecule has 27 heavy (non-hydrogen) atoms. The highest BCUT2D eigenvalue weighted by atomic mass is 16.2. The largest absolute Gasteiger partial charge is 0.353 e. The second-order valence-corrected chi connectivity index (χ2v) is 6.54. The molecule has 0 unspecified atom stereocenters. The first-order valence-corrected chi connectivity index (χ1v) is 9.22. The lowest BCUT2D eigenvalue weighted by molar-refractivity contribution is -0.129. The van der Waals surface area contributed by atoms with Gasteiger partial charge in [0.25, 0.3) is 5.91 Å². The summed E-state index contributed by atoms with van der Waals surface area (Å²) >= 11 is 0. The zero-order valence-electron chi connectivity index (χ0n) is 16.1. The topological polar surface area (TPSA) is 69.6 Å². The van der Waals surface area contributed by atoms with Crippen molar-refractivity contribution >= 4 is 23.3 Å². The highest BCUT2D eigenvalue weighted by Crippen LogP contribution is 2.19. The Kier molecular flexibility index (Phi) is 5.69. The highest BCUT2D eigenvalue weighted by molar-refractivity contribution is 6.05. The van der Waals surface area contributed by atoms with E-state index in [9.17, 15) is 9.59 Å². The van der Waals surface area contributed by atoms with Crippen molar-refractivity contribution in [1.29, 1.82) is 0 Å². The molecule has 3 rings (SSSR count). The number of piperazine rings is 1. The third-order valence-electron chi connectivity index (χ3n) is 4.72. The van der Waals surface area contributed by atoms with Crippen molar-refractivity contribution in [2.75, 3.05) is 42.5 Å². The van der Waals surface area contributed by atoms with E-state index in [0.717, 1.165) is 11.5 Å². The number of nitrogens with zero attached hydrogens (tertiary/aromatic N) is 5. The van der Waals surface area contributed by atoms with Crippen molar-refractivity contribution < 1.29 is 9.59 Å². The number of hydrogen-bond acceptors (Lipinski definition) is 5. The molecule has 0 spiro atoms. The van der Waals surface area contributed by atoms with Gasteiger partial charge in [-0.15, -0.1) is 0 Å². The van der Waals surface area contributed by atoms with E-state index in [1.807, 2.05) is 42.2 Å². The second kappa shape index (κ2) is 8.16. The number of hydrogen-bond donors (Lipinski definition) is 0. The second-order valence-electron chi connectivity index (χ2n) is 6.54. The minimum atomic E-state index is -0.141. The molecule has 1 fully saturated rings. The number of carbonyl (C=O) groups excluding carboxylic acids is 2. The van der Waals surface area contributed by atoms with Crippen LogP contribution in [-0.2, 0) is 4.79 Å². The summed E-state index contributed by atoms with van der Waals surface area (Å²) in [4.78, 5) is 39.1. The smallest absolute Gasteiger partial charge is 0.277 e. The zero-order chi connectivity index (χ0) is 19.4. The first-order valence-electron chi connectivity index (χ1n) is 9.22. The molecule has 0 saturated carbocycles. The van der Waals surface area contributed by atoms with Gasteiger partial charge in [-0.3, -0.25) is 9.59 Å². The minimum absolute atomic E-state index is 0.0887. The summed E-state index contributed by atoms with van der Waals surface area (Å²) in [5, 5.41) is 0. The van der Waals surface area contributed by atoms with Crippen molar-refractivity contribution in [3.05, 3.63) is 47.9 Å². The average Bonchev–Trinajstić information content (AvgIpc) is 2.69. The van der Waals surface area contributed by atoms with Gasteiger partial charge in [0.2, 0.25) is 5.91 Å². The van der Waals surface area contributed by atoms with E-state index in [1.54, 1.807) is 24.8 Å². The number of carbonyl (C=O) groups is 2. The van der Waals surface area contributed by atoms with E-state index in [-0.39, 0.29) is 11.8 Å². The summed E-state index contributed by atoms with van der Waals surface area (Å²) in [7, 11) is 0. The number of amides is 2. The maximum atomic E-state index is 13.1. The van der Waals surface area contributed by atoms with Crippen LogP contribution in [0.15, 0.2) is 36.4 Å². The third-order valence-corrected chi connectivity index (χ3v) is 4.72. The standard InChI is InChI=1S/C20H25N5O2/c1-4-25(17-8-6-5-7-9-17)20(27)18-14-19(22-15(2)21-18)24-12-10-23(11-13-24)16(3)26/h5-9,14H,4,10-13H2,1-3H3. The average molecular weight is 367 g/mol. The molecule has 1 aromatic heterocycles. The van der Waals surface area contributed by atoms with Gasteiger partial charge in [0.15, 0.2) is 0 Å². The van der Waals surface area contributed by atoms with Crippen molar-refractivity contribution in [2.45, 2.75) is 20.8 Å². The molecule has 1 aliphatic heterocycles. The third kappa shape index (κ3) is 4.24. The predicted octanol–water partition coefficient (Wildman–Crippen LogP) is 2.12. The van der Waals surface area contributed by atoms with Crippen molar-refractivity contribution in [3.63, 3.8) is 0 Å². The fraction of sp³-hybridized carbons (Fsp3) is 0.400. The molecule has 0 N–H and O–H groups in total. The number of anilines is 2. The summed E-state index contributed by atoms with van der Waals surface area (Å²) in [6.45, 7) is 8.59. The lowest BCUT2D eigenvalue weighted by Crippen LogP contribution is -2.48. The zero-order valence-corrected chi connectivity index (χ0v) is 16.1. The van der Waals surface area contributed by atoms with Crippen LogP contribution in [0.3, 0.4) is 0 Å². The van der Waals surface area contributed by atoms with Crippen LogP contribution in [0.5, 0.6) is 0 Å². The molecule has 0 radical (unpaired) electrons. The Morgan fingerprint density at radius 1 is 1.07 bits per heavy atom. The van der Waals surface area contributed by atoms with E-state index >= 15 is 0 Å². The Morgan fingerprint density at radius 3 is 2.33 bits per heavy atom. The summed E-state index contributed by atoms with van der Waals surface area (Å²) in [6.07, 6.45) is 0. The van der Waals surface area contributed by atoms with Crippen molar-refractivity contribution in [1.82, 2.24) is 14.9 Å². The Hall–Kier alpha value is -2.96. The van der Waals surface area contributed by atoms with Gasteiger partial charge in [0, 0.05) is 51.4 Å². The molecule has 0 aliphatic carbocycles. The molecule has 7 nitrogen and oxygen atoms in total. The molecule has 7 heteroatoms. The van der Waals surface area contributed by atoms with Gasteiger partial charge < -0.3 is 14.7 Å². The number of benzene rings is 1. The van der Waals surface area contributed by atoms with Crippen LogP contribution in [0.2, 0.25) is 0 Å². The summed E-state index contributed by atoms with van der Waals surface area (Å²) < 4.78 is 0. The van der Waals surface area contributed by atoms with Crippen LogP contribution >= 0.6 is 0 Å². The first-order chi connectivity index (χ1) is 13.0. The Bertz CT molecular complexity index is 816. The van der Waals surface area contributed by atoms with Gasteiger partial charge in [-0.05, 0) is 26.0 Å². The monoisotopic (exact) mass is 367 g/mol. The number of rotatable bonds is 4. The quantitative estimate of drug-likeness (QED) is 0.828. The summed E-state index contributed by atoms with van der Waals surface area (Å²) in [6, 6.07) is 11.3. The lowest BCUT2D eigenvalue weighted by Gasteiger charge is -2.35. The van der Waals surface area contributed by atoms with Gasteiger partial charge in [0.1, 0.15) is 17.3 Å². The fourth-order valence-electron chi connectivity index (χ4n) is 3.26. The molecular formula is C20H25N5O2. The van der Waals surface area contributed by atoms with Crippen molar-refractivity contribution in [3.8, 4) is 0 Å². The Morgan fingerprint density at radius 2 is 1.74 bits per heavy atom. The molecule has 2 heterocycles. The first kappa shape index (κ1) is 18.8. The SMILES string of the molecule is CCN(C(=O)c1cc(N2CCN(C(C)=O)CC2)nc(C)n1)c1ccccc1. The molecule has 1 saturated heterocycles. The van der Waals surface area contributed by atoms with E-state index in [2.05, 4.69) is 14.9 Å². The van der Waals surface area contributed by atoms with Gasteiger partial charge >= 0.3 is 0 Å². The predicted molar refractivity (Wildman–Crippen MR) is 105 cm³/mol. The van der Waals surface area contributed by atoms with Crippen LogP contribution in [0, 0.1) is 6.92 Å². The van der Waals surface area contributed by atoms with Gasteiger partial charge in [-0.2, -0.15) is 0 Å². The van der Waals surface area contributed by atoms with E-state index in [1.165, 1.54) is 0 Å². The molecule has 0 atom stereocenters. The highest BCUT2D eigenvalue weighted by Gasteiger charge is 2.23. The fourth-order valence-corrected chi connectivity index (χ4v) is 3.26.